The molecular weight excluding hydrogens is 406 g/mol. The van der Waals surface area contributed by atoms with Crippen LogP contribution in [-0.4, -0.2) is 38.0 Å². The zero-order valence-electron chi connectivity index (χ0n) is 18.4. The molecule has 0 saturated carbocycles. The van der Waals surface area contributed by atoms with Gasteiger partial charge < -0.3 is 14.5 Å². The molecule has 2 aliphatic rings. The lowest BCUT2D eigenvalue weighted by molar-refractivity contribution is 0.0916. The number of carbonyl (C=O) groups is 1. The quantitative estimate of drug-likeness (QED) is 0.541. The first-order chi connectivity index (χ1) is 14.8. The van der Waals surface area contributed by atoms with E-state index >= 15 is 0 Å². The minimum atomic E-state index is -0.0248. The van der Waals surface area contributed by atoms with Crippen LogP contribution in [0.1, 0.15) is 35.6 Å². The van der Waals surface area contributed by atoms with Crippen LogP contribution >= 0.6 is 11.3 Å². The molecule has 0 radical (unpaired) electrons. The summed E-state index contributed by atoms with van der Waals surface area (Å²) in [4.78, 5) is 22.8. The summed E-state index contributed by atoms with van der Waals surface area (Å²) in [7, 11) is 4.10. The predicted octanol–water partition coefficient (Wildman–Crippen LogP) is 5.56. The van der Waals surface area contributed by atoms with Crippen LogP contribution in [0.15, 0.2) is 42.5 Å². The van der Waals surface area contributed by atoms with Gasteiger partial charge in [-0.15, -0.1) is 0 Å². The number of hydrogen-bond acceptors (Lipinski definition) is 6. The second kappa shape index (κ2) is 7.38. The summed E-state index contributed by atoms with van der Waals surface area (Å²) >= 11 is 1.53. The number of hydrogen-bond donors (Lipinski definition) is 0. The number of nitrogens with zero attached hydrogens (tertiary/aromatic N) is 3. The first-order valence-corrected chi connectivity index (χ1v) is 11.5. The normalized spacial score (nSPS) is 17.0. The summed E-state index contributed by atoms with van der Waals surface area (Å²) < 4.78 is 5.94. The minimum Gasteiger partial charge on any atom is -0.490 e. The average molecular weight is 434 g/mol. The van der Waals surface area contributed by atoms with E-state index in [1.807, 2.05) is 20.2 Å². The molecule has 1 aromatic heterocycles. The SMILES string of the molecule is CN(C)c1cccc(-c2ccc3c(c2)N(c2nc4c(s2)C(=O)CC(C)(C)C4)CCO3)c1. The van der Waals surface area contributed by atoms with Crippen molar-refractivity contribution >= 4 is 33.6 Å². The molecule has 0 atom stereocenters. The largest absolute Gasteiger partial charge is 0.490 e. The molecule has 0 N–H and O–H groups in total. The fourth-order valence-corrected chi connectivity index (χ4v) is 5.44. The summed E-state index contributed by atoms with van der Waals surface area (Å²) in [6, 6.07) is 14.8. The maximum absolute atomic E-state index is 12.7. The predicted molar refractivity (Wildman–Crippen MR) is 127 cm³/mol. The van der Waals surface area contributed by atoms with Crippen molar-refractivity contribution in [3.63, 3.8) is 0 Å². The van der Waals surface area contributed by atoms with Crippen LogP contribution in [0.25, 0.3) is 11.1 Å². The van der Waals surface area contributed by atoms with Crippen molar-refractivity contribution in [3.8, 4) is 16.9 Å². The number of thiazole rings is 1. The molecule has 3 aromatic rings. The molecule has 5 rings (SSSR count). The Balaban J connectivity index is 1.54. The molecule has 0 spiro atoms. The van der Waals surface area contributed by atoms with E-state index in [1.165, 1.54) is 11.3 Å². The van der Waals surface area contributed by atoms with Gasteiger partial charge in [-0.3, -0.25) is 4.79 Å². The lowest BCUT2D eigenvalue weighted by Gasteiger charge is -2.29. The van der Waals surface area contributed by atoms with Gasteiger partial charge in [-0.1, -0.05) is 43.4 Å². The zero-order valence-corrected chi connectivity index (χ0v) is 19.3. The van der Waals surface area contributed by atoms with Crippen LogP contribution in [0.3, 0.4) is 0 Å². The number of anilines is 3. The zero-order chi connectivity index (χ0) is 21.8. The van der Waals surface area contributed by atoms with Gasteiger partial charge in [-0.25, -0.2) is 4.98 Å². The van der Waals surface area contributed by atoms with Gasteiger partial charge in [0.05, 0.1) is 22.8 Å². The summed E-state index contributed by atoms with van der Waals surface area (Å²) in [6.07, 6.45) is 1.44. The van der Waals surface area contributed by atoms with E-state index in [9.17, 15) is 4.79 Å². The van der Waals surface area contributed by atoms with Gasteiger partial charge >= 0.3 is 0 Å². The molecule has 2 aromatic carbocycles. The average Bonchev–Trinajstić information content (AvgIpc) is 3.16. The molecular formula is C25H27N3O2S. The van der Waals surface area contributed by atoms with E-state index < -0.39 is 0 Å². The number of carbonyl (C=O) groups excluding carboxylic acids is 1. The third-order valence-corrected chi connectivity index (χ3v) is 7.14. The Labute approximate surface area is 187 Å². The van der Waals surface area contributed by atoms with Gasteiger partial charge in [-0.05, 0) is 47.2 Å². The molecule has 0 unspecified atom stereocenters. The van der Waals surface area contributed by atoms with E-state index in [-0.39, 0.29) is 11.2 Å². The van der Waals surface area contributed by atoms with Gasteiger partial charge in [0.15, 0.2) is 10.9 Å². The third-order valence-electron chi connectivity index (χ3n) is 5.97. The number of ether oxygens (including phenoxy) is 1. The molecule has 5 nitrogen and oxygen atoms in total. The highest BCUT2D eigenvalue weighted by molar-refractivity contribution is 7.17. The number of ketones is 1. The van der Waals surface area contributed by atoms with Crippen molar-refractivity contribution in [1.82, 2.24) is 4.98 Å². The Morgan fingerprint density at radius 2 is 1.90 bits per heavy atom. The molecule has 160 valence electrons. The van der Waals surface area contributed by atoms with Crippen LogP contribution in [0, 0.1) is 5.41 Å². The van der Waals surface area contributed by atoms with E-state index in [2.05, 4.69) is 60.0 Å². The molecule has 0 amide bonds. The fraction of sp³-hybridized carbons (Fsp3) is 0.360. The van der Waals surface area contributed by atoms with E-state index in [4.69, 9.17) is 9.72 Å². The molecule has 0 saturated heterocycles. The van der Waals surface area contributed by atoms with Crippen molar-refractivity contribution in [2.24, 2.45) is 5.41 Å². The topological polar surface area (TPSA) is 45.7 Å². The highest BCUT2D eigenvalue weighted by Crippen LogP contribution is 2.44. The van der Waals surface area contributed by atoms with Gasteiger partial charge in [0.1, 0.15) is 12.4 Å². The Bertz CT molecular complexity index is 1170. The molecule has 6 heteroatoms. The lowest BCUT2D eigenvalue weighted by Crippen LogP contribution is -2.28. The number of aromatic nitrogens is 1. The molecule has 0 bridgehead atoms. The lowest BCUT2D eigenvalue weighted by atomic mass is 9.78. The van der Waals surface area contributed by atoms with Crippen molar-refractivity contribution in [3.05, 3.63) is 53.0 Å². The highest BCUT2D eigenvalue weighted by atomic mass is 32.1. The Morgan fingerprint density at radius 3 is 2.71 bits per heavy atom. The van der Waals surface area contributed by atoms with Gasteiger partial charge in [0, 0.05) is 26.2 Å². The number of rotatable bonds is 3. The molecule has 31 heavy (non-hydrogen) atoms. The van der Waals surface area contributed by atoms with Gasteiger partial charge in [0.2, 0.25) is 0 Å². The first-order valence-electron chi connectivity index (χ1n) is 10.7. The number of benzene rings is 2. The van der Waals surface area contributed by atoms with E-state index in [1.54, 1.807) is 0 Å². The summed E-state index contributed by atoms with van der Waals surface area (Å²) in [5.41, 5.74) is 5.40. The van der Waals surface area contributed by atoms with Crippen molar-refractivity contribution in [1.29, 1.82) is 0 Å². The highest BCUT2D eigenvalue weighted by Gasteiger charge is 2.35. The van der Waals surface area contributed by atoms with Crippen molar-refractivity contribution in [2.45, 2.75) is 26.7 Å². The fourth-order valence-electron chi connectivity index (χ4n) is 4.38. The minimum absolute atomic E-state index is 0.0248. The van der Waals surface area contributed by atoms with Crippen LogP contribution in [-0.2, 0) is 6.42 Å². The number of fused-ring (bicyclic) bond motifs is 2. The third kappa shape index (κ3) is 3.69. The van der Waals surface area contributed by atoms with Crippen LogP contribution in [0.2, 0.25) is 0 Å². The van der Waals surface area contributed by atoms with Gasteiger partial charge in [0.25, 0.3) is 0 Å². The molecule has 1 aliphatic heterocycles. The standard InChI is InChI=1S/C25H27N3O2S/c1-25(2)14-19-23(21(29)15-25)31-24(26-19)28-10-11-30-22-9-8-17(13-20(22)28)16-6-5-7-18(12-16)27(3)4/h5-9,12-13H,10-11,14-15H2,1-4H3. The van der Waals surface area contributed by atoms with Crippen LogP contribution in [0.4, 0.5) is 16.5 Å². The maximum Gasteiger partial charge on any atom is 0.190 e. The Hall–Kier alpha value is -2.86. The molecule has 2 heterocycles. The van der Waals surface area contributed by atoms with Crippen molar-refractivity contribution in [2.75, 3.05) is 37.0 Å². The second-order valence-electron chi connectivity index (χ2n) is 9.34. The van der Waals surface area contributed by atoms with Crippen molar-refractivity contribution < 1.29 is 9.53 Å². The molecule has 0 fully saturated rings. The van der Waals surface area contributed by atoms with E-state index in [0.29, 0.717) is 13.0 Å². The monoisotopic (exact) mass is 433 g/mol. The Morgan fingerprint density at radius 1 is 1.10 bits per heavy atom. The van der Waals surface area contributed by atoms with Gasteiger partial charge in [-0.2, -0.15) is 0 Å². The van der Waals surface area contributed by atoms with E-state index in [0.717, 1.165) is 56.9 Å². The molecule has 1 aliphatic carbocycles. The van der Waals surface area contributed by atoms with Crippen LogP contribution < -0.4 is 14.5 Å². The summed E-state index contributed by atoms with van der Waals surface area (Å²) in [6.45, 7) is 5.61. The first kappa shape index (κ1) is 20.1. The Kier molecular flexibility index (Phi) is 4.77. The smallest absolute Gasteiger partial charge is 0.190 e. The maximum atomic E-state index is 12.7. The van der Waals surface area contributed by atoms with Crippen LogP contribution in [0.5, 0.6) is 5.75 Å². The summed E-state index contributed by atoms with van der Waals surface area (Å²) in [5, 5.41) is 0.889. The second-order valence-corrected chi connectivity index (χ2v) is 10.3. The number of Topliss-reactive ketones (excluding diaryl/α,β-unsaturated/α-hetero) is 1. The summed E-state index contributed by atoms with van der Waals surface area (Å²) in [5.74, 6) is 1.08.